The highest BCUT2D eigenvalue weighted by Gasteiger charge is 2.27. The fourth-order valence-electron chi connectivity index (χ4n) is 1.37. The number of phenols is 1. The Labute approximate surface area is 103 Å². The van der Waals surface area contributed by atoms with Crippen LogP contribution in [-0.2, 0) is 10.0 Å². The van der Waals surface area contributed by atoms with E-state index in [2.05, 4.69) is 0 Å². The largest absolute Gasteiger partial charge is 0.507 e. The molecule has 0 spiro atoms. The summed E-state index contributed by atoms with van der Waals surface area (Å²) in [6, 6.07) is 2.11. The molecule has 1 rings (SSSR count). The van der Waals surface area contributed by atoms with Crippen molar-refractivity contribution in [3.8, 4) is 5.75 Å². The van der Waals surface area contributed by atoms with E-state index in [1.165, 1.54) is 0 Å². The molecule has 0 radical (unpaired) electrons. The molecule has 0 saturated carbocycles. The van der Waals surface area contributed by atoms with Gasteiger partial charge in [-0.15, -0.1) is 0 Å². The molecule has 0 bridgehead atoms. The molecule has 18 heavy (non-hydrogen) atoms. The number of hydrogen-bond acceptors (Lipinski definition) is 6. The van der Waals surface area contributed by atoms with Gasteiger partial charge in [-0.25, -0.2) is 19.0 Å². The summed E-state index contributed by atoms with van der Waals surface area (Å²) >= 11 is 0. The Balaban J connectivity index is 3.78. The van der Waals surface area contributed by atoms with Crippen LogP contribution < -0.4 is 16.0 Å². The molecule has 9 heteroatoms. The minimum Gasteiger partial charge on any atom is -0.507 e. The molecule has 1 amide bonds. The fraction of sp³-hybridized carbons (Fsp3) is 0.111. The molecular weight excluding hydrogens is 262 g/mol. The van der Waals surface area contributed by atoms with Crippen LogP contribution in [0, 0.1) is 0 Å². The topological polar surface area (TPSA) is 139 Å². The van der Waals surface area contributed by atoms with Crippen molar-refractivity contribution in [3.63, 3.8) is 0 Å². The minimum atomic E-state index is -4.12. The summed E-state index contributed by atoms with van der Waals surface area (Å²) < 4.78 is 25.4. The zero-order valence-corrected chi connectivity index (χ0v) is 10.1. The van der Waals surface area contributed by atoms with Gasteiger partial charge in [0.15, 0.2) is 6.29 Å². The Hall–Kier alpha value is -1.97. The van der Waals surface area contributed by atoms with E-state index in [-0.39, 0.29) is 5.56 Å². The zero-order chi connectivity index (χ0) is 13.9. The monoisotopic (exact) mass is 273 g/mol. The van der Waals surface area contributed by atoms with E-state index in [0.717, 1.165) is 19.2 Å². The number of aromatic hydroxyl groups is 1. The van der Waals surface area contributed by atoms with Gasteiger partial charge in [0.2, 0.25) is 10.0 Å². The van der Waals surface area contributed by atoms with Gasteiger partial charge in [0.1, 0.15) is 10.6 Å². The number of nitrogens with two attached hydrogens (primary N) is 1. The van der Waals surface area contributed by atoms with Crippen molar-refractivity contribution in [2.75, 3.05) is 7.05 Å². The highest BCUT2D eigenvalue weighted by atomic mass is 32.2. The van der Waals surface area contributed by atoms with E-state index in [1.807, 2.05) is 4.72 Å². The lowest BCUT2D eigenvalue weighted by Crippen LogP contribution is -2.33. The van der Waals surface area contributed by atoms with E-state index in [4.69, 9.17) is 5.84 Å². The Morgan fingerprint density at radius 2 is 2.06 bits per heavy atom. The fourth-order valence-corrected chi connectivity index (χ4v) is 2.39. The summed E-state index contributed by atoms with van der Waals surface area (Å²) in [4.78, 5) is 21.6. The van der Waals surface area contributed by atoms with E-state index >= 15 is 0 Å². The van der Waals surface area contributed by atoms with Crippen molar-refractivity contribution in [2.45, 2.75) is 4.90 Å². The lowest BCUT2D eigenvalue weighted by Gasteiger charge is -2.12. The maximum absolute atomic E-state index is 11.7. The van der Waals surface area contributed by atoms with Gasteiger partial charge in [0.25, 0.3) is 5.91 Å². The second-order valence-electron chi connectivity index (χ2n) is 3.18. The number of carbonyl (C=O) groups excluding carboxylic acids is 2. The van der Waals surface area contributed by atoms with Crippen LogP contribution in [0.2, 0.25) is 0 Å². The van der Waals surface area contributed by atoms with Crippen molar-refractivity contribution in [2.24, 2.45) is 5.84 Å². The number of nitrogen functional groups attached to an aromatic ring is 1. The van der Waals surface area contributed by atoms with Crippen LogP contribution in [0.1, 0.15) is 20.7 Å². The van der Waals surface area contributed by atoms with Crippen molar-refractivity contribution < 1.29 is 23.1 Å². The van der Waals surface area contributed by atoms with Gasteiger partial charge >= 0.3 is 0 Å². The number of carbonyl (C=O) groups is 2. The normalized spacial score (nSPS) is 11.0. The van der Waals surface area contributed by atoms with Crippen molar-refractivity contribution >= 4 is 22.2 Å². The quantitative estimate of drug-likeness (QED) is 0.233. The van der Waals surface area contributed by atoms with Crippen LogP contribution in [-0.4, -0.2) is 32.8 Å². The van der Waals surface area contributed by atoms with Crippen LogP contribution in [0.3, 0.4) is 0 Å². The second-order valence-corrected chi connectivity index (χ2v) is 5.00. The lowest BCUT2D eigenvalue weighted by molar-refractivity contribution is 0.0944. The number of hydrazine groups is 1. The predicted octanol–water partition coefficient (Wildman–Crippen LogP) is -1.28. The molecule has 98 valence electrons. The van der Waals surface area contributed by atoms with Crippen LogP contribution in [0.4, 0.5) is 0 Å². The highest BCUT2D eigenvalue weighted by molar-refractivity contribution is 7.89. The minimum absolute atomic E-state index is 0.204. The van der Waals surface area contributed by atoms with Crippen molar-refractivity contribution in [1.82, 2.24) is 10.1 Å². The molecule has 0 aliphatic rings. The third-order valence-electron chi connectivity index (χ3n) is 2.19. The number of benzene rings is 1. The summed E-state index contributed by atoms with van der Waals surface area (Å²) in [5, 5.41) is 9.57. The van der Waals surface area contributed by atoms with Crippen LogP contribution in [0.25, 0.3) is 0 Å². The lowest BCUT2D eigenvalue weighted by atomic mass is 10.1. The Morgan fingerprint density at radius 1 is 1.44 bits per heavy atom. The molecule has 0 heterocycles. The molecule has 1 aromatic carbocycles. The second kappa shape index (κ2) is 5.12. The first-order chi connectivity index (χ1) is 8.38. The van der Waals surface area contributed by atoms with Gasteiger partial charge in [-0.2, -0.15) is 0 Å². The maximum atomic E-state index is 11.7. The predicted molar refractivity (Wildman–Crippen MR) is 61.4 cm³/mol. The van der Waals surface area contributed by atoms with Crippen LogP contribution in [0.15, 0.2) is 17.0 Å². The number of nitrogens with one attached hydrogen (secondary N) is 2. The highest BCUT2D eigenvalue weighted by Crippen LogP contribution is 2.28. The zero-order valence-electron chi connectivity index (χ0n) is 9.30. The molecular formula is C9H11N3O5S. The molecule has 0 aromatic heterocycles. The van der Waals surface area contributed by atoms with E-state index in [9.17, 15) is 23.1 Å². The molecule has 0 atom stereocenters. The standard InChI is InChI=1S/C9H11N3O5S/c1-11-18(16,17)8-6(14)3-2-5(4-13)7(8)9(15)12-10/h2-4,11,14H,10H2,1H3,(H,12,15). The third-order valence-corrected chi connectivity index (χ3v) is 3.68. The summed E-state index contributed by atoms with van der Waals surface area (Å²) in [7, 11) is -3.02. The molecule has 0 saturated heterocycles. The van der Waals surface area contributed by atoms with Gasteiger partial charge in [0, 0.05) is 5.56 Å². The van der Waals surface area contributed by atoms with Gasteiger partial charge in [-0.1, -0.05) is 0 Å². The number of phenolic OH excluding ortho intramolecular Hbond substituents is 1. The number of amides is 1. The first kappa shape index (κ1) is 14.1. The van der Waals surface area contributed by atoms with Gasteiger partial charge in [0.05, 0.1) is 5.56 Å². The van der Waals surface area contributed by atoms with Crippen LogP contribution >= 0.6 is 0 Å². The summed E-state index contributed by atoms with van der Waals surface area (Å²) in [6.45, 7) is 0. The maximum Gasteiger partial charge on any atom is 0.267 e. The number of sulfonamides is 1. The molecule has 1 aromatic rings. The van der Waals surface area contributed by atoms with Gasteiger partial charge < -0.3 is 5.11 Å². The molecule has 5 N–H and O–H groups in total. The number of hydrogen-bond donors (Lipinski definition) is 4. The SMILES string of the molecule is CNS(=O)(=O)c1c(O)ccc(C=O)c1C(=O)NN. The number of rotatable bonds is 4. The van der Waals surface area contributed by atoms with Crippen molar-refractivity contribution in [1.29, 1.82) is 0 Å². The van der Waals surface area contributed by atoms with Gasteiger partial charge in [-0.3, -0.25) is 15.0 Å². The molecule has 0 aliphatic carbocycles. The first-order valence-electron chi connectivity index (χ1n) is 4.64. The average Bonchev–Trinajstić information content (AvgIpc) is 2.37. The van der Waals surface area contributed by atoms with E-state index < -0.39 is 32.1 Å². The van der Waals surface area contributed by atoms with E-state index in [0.29, 0.717) is 6.29 Å². The number of aldehydes is 1. The third kappa shape index (κ3) is 2.32. The Kier molecular flexibility index (Phi) is 4.01. The first-order valence-corrected chi connectivity index (χ1v) is 6.13. The Bertz CT molecular complexity index is 596. The molecule has 0 aliphatic heterocycles. The van der Waals surface area contributed by atoms with Crippen LogP contribution in [0.5, 0.6) is 5.75 Å². The molecule has 0 fully saturated rings. The average molecular weight is 273 g/mol. The molecule has 8 nitrogen and oxygen atoms in total. The summed E-state index contributed by atoms with van der Waals surface area (Å²) in [5.74, 6) is 3.26. The smallest absolute Gasteiger partial charge is 0.267 e. The summed E-state index contributed by atoms with van der Waals surface area (Å²) in [5.41, 5.74) is 1.00. The summed E-state index contributed by atoms with van der Waals surface area (Å²) in [6.07, 6.45) is 0.290. The van der Waals surface area contributed by atoms with Gasteiger partial charge in [-0.05, 0) is 19.2 Å². The molecule has 0 unspecified atom stereocenters. The van der Waals surface area contributed by atoms with E-state index in [1.54, 1.807) is 5.43 Å². The van der Waals surface area contributed by atoms with Crippen molar-refractivity contribution in [3.05, 3.63) is 23.3 Å². The Morgan fingerprint density at radius 3 is 2.50 bits per heavy atom.